The quantitative estimate of drug-likeness (QED) is 0.935. The molecule has 1 aromatic heterocycles. The summed E-state index contributed by atoms with van der Waals surface area (Å²) in [5, 5.41) is 2.81. The summed E-state index contributed by atoms with van der Waals surface area (Å²) < 4.78 is 10.2. The Labute approximate surface area is 127 Å². The largest absolute Gasteiger partial charge is 0.497 e. The first kappa shape index (κ1) is 14.2. The van der Waals surface area contributed by atoms with Gasteiger partial charge < -0.3 is 19.4 Å². The van der Waals surface area contributed by atoms with Crippen molar-refractivity contribution in [3.8, 4) is 5.75 Å². The van der Waals surface area contributed by atoms with Gasteiger partial charge in [0.1, 0.15) is 5.75 Å². The number of methoxy groups -OCH3 is 1. The fourth-order valence-electron chi connectivity index (χ4n) is 2.50. The van der Waals surface area contributed by atoms with Crippen molar-refractivity contribution in [3.63, 3.8) is 0 Å². The molecule has 1 saturated heterocycles. The van der Waals surface area contributed by atoms with Gasteiger partial charge in [-0.25, -0.2) is 0 Å². The molecule has 0 aliphatic carbocycles. The average Bonchev–Trinajstić information content (AvgIpc) is 3.17. The van der Waals surface area contributed by atoms with Crippen LogP contribution in [-0.4, -0.2) is 31.5 Å². The minimum atomic E-state index is -0.310. The molecule has 1 aliphatic heterocycles. The summed E-state index contributed by atoms with van der Waals surface area (Å²) in [6, 6.07) is 10.3. The van der Waals surface area contributed by atoms with Crippen LogP contribution in [0.2, 0.25) is 0 Å². The Balaban J connectivity index is 1.69. The van der Waals surface area contributed by atoms with Crippen molar-refractivity contribution >= 4 is 17.5 Å². The Kier molecular flexibility index (Phi) is 3.82. The predicted molar refractivity (Wildman–Crippen MR) is 79.9 cm³/mol. The third kappa shape index (κ3) is 2.81. The summed E-state index contributed by atoms with van der Waals surface area (Å²) in [5.74, 6) is 0.592. The number of anilines is 1. The van der Waals surface area contributed by atoms with Gasteiger partial charge in [0.2, 0.25) is 5.91 Å². The third-order valence-corrected chi connectivity index (χ3v) is 3.57. The zero-order valence-electron chi connectivity index (χ0n) is 12.1. The number of benzene rings is 1. The maximum Gasteiger partial charge on any atom is 0.287 e. The molecular formula is C16H16N2O4. The molecule has 0 bridgehead atoms. The van der Waals surface area contributed by atoms with Gasteiger partial charge in [0.25, 0.3) is 5.91 Å². The Morgan fingerprint density at radius 2 is 2.23 bits per heavy atom. The summed E-state index contributed by atoms with van der Waals surface area (Å²) >= 11 is 0. The van der Waals surface area contributed by atoms with E-state index in [0.717, 1.165) is 5.69 Å². The van der Waals surface area contributed by atoms with E-state index in [2.05, 4.69) is 5.32 Å². The average molecular weight is 300 g/mol. The van der Waals surface area contributed by atoms with Gasteiger partial charge in [0.05, 0.1) is 19.4 Å². The minimum absolute atomic E-state index is 0.0296. The number of carbonyl (C=O) groups is 2. The Morgan fingerprint density at radius 3 is 2.95 bits per heavy atom. The highest BCUT2D eigenvalue weighted by molar-refractivity contribution is 5.98. The maximum absolute atomic E-state index is 12.2. The van der Waals surface area contributed by atoms with Crippen LogP contribution < -0.4 is 15.0 Å². The lowest BCUT2D eigenvalue weighted by Crippen LogP contribution is -2.37. The van der Waals surface area contributed by atoms with Gasteiger partial charge in [-0.15, -0.1) is 0 Å². The molecule has 0 radical (unpaired) electrons. The molecule has 1 atom stereocenters. The van der Waals surface area contributed by atoms with Crippen molar-refractivity contribution < 1.29 is 18.7 Å². The van der Waals surface area contributed by atoms with Crippen LogP contribution in [0, 0.1) is 0 Å². The molecule has 2 heterocycles. The molecular weight excluding hydrogens is 284 g/mol. The van der Waals surface area contributed by atoms with E-state index in [1.54, 1.807) is 30.2 Å². The van der Waals surface area contributed by atoms with Gasteiger partial charge in [0, 0.05) is 24.7 Å². The number of nitrogens with one attached hydrogen (secondary N) is 1. The second-order valence-corrected chi connectivity index (χ2v) is 5.06. The van der Waals surface area contributed by atoms with E-state index in [0.29, 0.717) is 12.3 Å². The highest BCUT2D eigenvalue weighted by atomic mass is 16.5. The van der Waals surface area contributed by atoms with Crippen molar-refractivity contribution in [2.75, 3.05) is 18.6 Å². The maximum atomic E-state index is 12.2. The van der Waals surface area contributed by atoms with E-state index in [-0.39, 0.29) is 30.0 Å². The van der Waals surface area contributed by atoms with Crippen molar-refractivity contribution in [2.45, 2.75) is 12.5 Å². The standard InChI is InChI=1S/C16H16N2O4/c1-21-13-5-2-4-12(9-13)18-10-11(8-15(18)19)17-16(20)14-6-3-7-22-14/h2-7,9,11H,8,10H2,1H3,(H,17,20)/t11-/m1/s1. The highest BCUT2D eigenvalue weighted by Crippen LogP contribution is 2.25. The van der Waals surface area contributed by atoms with Gasteiger partial charge in [-0.3, -0.25) is 9.59 Å². The second kappa shape index (κ2) is 5.93. The van der Waals surface area contributed by atoms with E-state index >= 15 is 0 Å². The molecule has 1 fully saturated rings. The number of amides is 2. The van der Waals surface area contributed by atoms with E-state index in [1.165, 1.54) is 6.26 Å². The molecule has 0 unspecified atom stereocenters. The first-order chi connectivity index (χ1) is 10.7. The van der Waals surface area contributed by atoms with Crippen LogP contribution >= 0.6 is 0 Å². The number of hydrogen-bond acceptors (Lipinski definition) is 4. The van der Waals surface area contributed by atoms with E-state index in [4.69, 9.17) is 9.15 Å². The van der Waals surface area contributed by atoms with Gasteiger partial charge in [-0.1, -0.05) is 6.07 Å². The number of ether oxygens (including phenoxy) is 1. The van der Waals surface area contributed by atoms with Crippen molar-refractivity contribution in [2.24, 2.45) is 0 Å². The number of furan rings is 1. The zero-order valence-corrected chi connectivity index (χ0v) is 12.1. The van der Waals surface area contributed by atoms with E-state index in [1.807, 2.05) is 18.2 Å². The first-order valence-electron chi connectivity index (χ1n) is 6.96. The minimum Gasteiger partial charge on any atom is -0.497 e. The second-order valence-electron chi connectivity index (χ2n) is 5.06. The Morgan fingerprint density at radius 1 is 1.36 bits per heavy atom. The van der Waals surface area contributed by atoms with Gasteiger partial charge >= 0.3 is 0 Å². The fraction of sp³-hybridized carbons (Fsp3) is 0.250. The number of nitrogens with zero attached hydrogens (tertiary/aromatic N) is 1. The normalized spacial score (nSPS) is 17.6. The lowest BCUT2D eigenvalue weighted by molar-refractivity contribution is -0.117. The van der Waals surface area contributed by atoms with Crippen LogP contribution in [0.5, 0.6) is 5.75 Å². The zero-order chi connectivity index (χ0) is 15.5. The summed E-state index contributed by atoms with van der Waals surface area (Å²) in [5.41, 5.74) is 0.763. The fourth-order valence-corrected chi connectivity index (χ4v) is 2.50. The van der Waals surface area contributed by atoms with Gasteiger partial charge in [0.15, 0.2) is 5.76 Å². The number of carbonyl (C=O) groups excluding carboxylic acids is 2. The molecule has 6 heteroatoms. The smallest absolute Gasteiger partial charge is 0.287 e. The van der Waals surface area contributed by atoms with Gasteiger partial charge in [-0.05, 0) is 24.3 Å². The Hall–Kier alpha value is -2.76. The topological polar surface area (TPSA) is 71.8 Å². The predicted octanol–water partition coefficient (Wildman–Crippen LogP) is 1.82. The molecule has 6 nitrogen and oxygen atoms in total. The molecule has 1 aliphatic rings. The van der Waals surface area contributed by atoms with Crippen molar-refractivity contribution in [3.05, 3.63) is 48.4 Å². The van der Waals surface area contributed by atoms with Crippen LogP contribution in [0.3, 0.4) is 0 Å². The summed E-state index contributed by atoms with van der Waals surface area (Å²) in [6.45, 7) is 0.429. The number of hydrogen-bond donors (Lipinski definition) is 1. The van der Waals surface area contributed by atoms with Crippen LogP contribution in [-0.2, 0) is 4.79 Å². The van der Waals surface area contributed by atoms with Crippen molar-refractivity contribution in [1.29, 1.82) is 0 Å². The number of rotatable bonds is 4. The van der Waals surface area contributed by atoms with Gasteiger partial charge in [-0.2, -0.15) is 0 Å². The molecule has 1 N–H and O–H groups in total. The SMILES string of the molecule is COc1cccc(N2C[C@H](NC(=O)c3ccco3)CC2=O)c1. The van der Waals surface area contributed by atoms with Crippen LogP contribution in [0.25, 0.3) is 0 Å². The lowest BCUT2D eigenvalue weighted by Gasteiger charge is -2.17. The molecule has 1 aromatic carbocycles. The van der Waals surface area contributed by atoms with Crippen LogP contribution in [0.1, 0.15) is 17.0 Å². The molecule has 3 rings (SSSR count). The van der Waals surface area contributed by atoms with Crippen LogP contribution in [0.4, 0.5) is 5.69 Å². The molecule has 2 amide bonds. The Bertz CT molecular complexity index is 681. The summed E-state index contributed by atoms with van der Waals surface area (Å²) in [6.07, 6.45) is 1.71. The van der Waals surface area contributed by atoms with E-state index < -0.39 is 0 Å². The molecule has 0 spiro atoms. The molecule has 22 heavy (non-hydrogen) atoms. The summed E-state index contributed by atoms with van der Waals surface area (Å²) in [7, 11) is 1.58. The third-order valence-electron chi connectivity index (χ3n) is 3.57. The monoisotopic (exact) mass is 300 g/mol. The van der Waals surface area contributed by atoms with Crippen molar-refractivity contribution in [1.82, 2.24) is 5.32 Å². The highest BCUT2D eigenvalue weighted by Gasteiger charge is 2.32. The molecule has 0 saturated carbocycles. The van der Waals surface area contributed by atoms with E-state index in [9.17, 15) is 9.59 Å². The van der Waals surface area contributed by atoms with Crippen LogP contribution in [0.15, 0.2) is 47.1 Å². The first-order valence-corrected chi connectivity index (χ1v) is 6.96. The summed E-state index contributed by atoms with van der Waals surface area (Å²) in [4.78, 5) is 25.8. The molecule has 114 valence electrons. The lowest BCUT2D eigenvalue weighted by atomic mass is 10.2. The molecule has 2 aromatic rings.